The van der Waals surface area contributed by atoms with E-state index in [1.54, 1.807) is 54.1 Å². The average Bonchev–Trinajstić information content (AvgIpc) is 3.17. The van der Waals surface area contributed by atoms with Crippen LogP contribution < -0.4 is 5.32 Å². The smallest absolute Gasteiger partial charge is 0.338 e. The molecule has 0 saturated heterocycles. The average molecular weight is 365 g/mol. The number of rotatable bonds is 6. The number of nitrogens with one attached hydrogen (secondary N) is 1. The normalized spacial score (nSPS) is 10.4. The molecule has 27 heavy (non-hydrogen) atoms. The summed E-state index contributed by atoms with van der Waals surface area (Å²) in [6.45, 7) is 4.64. The number of aromatic nitrogens is 4. The first kappa shape index (κ1) is 18.2. The molecule has 0 aliphatic carbocycles. The van der Waals surface area contributed by atoms with Crippen molar-refractivity contribution in [2.45, 2.75) is 20.4 Å². The third-order valence-corrected chi connectivity index (χ3v) is 3.87. The highest BCUT2D eigenvalue weighted by Crippen LogP contribution is 2.19. The lowest BCUT2D eigenvalue weighted by Gasteiger charge is -2.08. The molecular weight excluding hydrogens is 346 g/mol. The van der Waals surface area contributed by atoms with Crippen LogP contribution in [-0.2, 0) is 11.3 Å². The number of hydrogen-bond acceptors (Lipinski definition) is 6. The van der Waals surface area contributed by atoms with Crippen LogP contribution >= 0.6 is 0 Å². The van der Waals surface area contributed by atoms with Crippen LogP contribution in [0.5, 0.6) is 0 Å². The molecule has 3 rings (SSSR count). The number of carbonyl (C=O) groups is 2. The highest BCUT2D eigenvalue weighted by Gasteiger charge is 2.12. The minimum absolute atomic E-state index is 0.267. The molecule has 138 valence electrons. The van der Waals surface area contributed by atoms with Crippen LogP contribution in [0.25, 0.3) is 11.4 Å². The van der Waals surface area contributed by atoms with Gasteiger partial charge < -0.3 is 10.1 Å². The summed E-state index contributed by atoms with van der Waals surface area (Å²) in [5, 5.41) is 14.4. The Kier molecular flexibility index (Phi) is 5.55. The Hall–Kier alpha value is -3.55. The molecule has 0 saturated carbocycles. The largest absolute Gasteiger partial charge is 0.462 e. The Morgan fingerprint density at radius 1 is 1.07 bits per heavy atom. The maximum Gasteiger partial charge on any atom is 0.338 e. The zero-order valence-corrected chi connectivity index (χ0v) is 15.0. The fraction of sp³-hybridized carbons (Fsp3) is 0.211. The van der Waals surface area contributed by atoms with E-state index in [0.717, 1.165) is 5.56 Å². The lowest BCUT2D eigenvalue weighted by atomic mass is 10.1. The molecule has 0 atom stereocenters. The lowest BCUT2D eigenvalue weighted by Crippen LogP contribution is -2.12. The second kappa shape index (κ2) is 8.22. The fourth-order valence-corrected chi connectivity index (χ4v) is 2.53. The molecule has 0 fully saturated rings. The molecule has 0 bridgehead atoms. The molecule has 0 unspecified atom stereocenters. The van der Waals surface area contributed by atoms with Gasteiger partial charge in [-0.3, -0.25) is 4.79 Å². The summed E-state index contributed by atoms with van der Waals surface area (Å²) in [6.07, 6.45) is 0. The van der Waals surface area contributed by atoms with Crippen molar-refractivity contribution >= 4 is 17.6 Å². The van der Waals surface area contributed by atoms with Gasteiger partial charge in [0.15, 0.2) is 5.82 Å². The van der Waals surface area contributed by atoms with Gasteiger partial charge in [-0.25, -0.2) is 9.48 Å². The van der Waals surface area contributed by atoms with E-state index in [2.05, 4.69) is 20.8 Å². The SMILES string of the molecule is CCOC(=O)c1ccc(NC(=O)c2cccc(-c3nnnn3CC)c2)cc1. The summed E-state index contributed by atoms with van der Waals surface area (Å²) in [5.74, 6) is -0.0566. The van der Waals surface area contributed by atoms with Gasteiger partial charge in [-0.05, 0) is 60.7 Å². The van der Waals surface area contributed by atoms with Gasteiger partial charge >= 0.3 is 5.97 Å². The minimum Gasteiger partial charge on any atom is -0.462 e. The lowest BCUT2D eigenvalue weighted by molar-refractivity contribution is 0.0526. The maximum absolute atomic E-state index is 12.6. The minimum atomic E-state index is -0.392. The number of tetrazole rings is 1. The van der Waals surface area contributed by atoms with Crippen LogP contribution in [0.2, 0.25) is 0 Å². The summed E-state index contributed by atoms with van der Waals surface area (Å²) in [7, 11) is 0. The van der Waals surface area contributed by atoms with Crippen molar-refractivity contribution in [1.82, 2.24) is 20.2 Å². The maximum atomic E-state index is 12.6. The summed E-state index contributed by atoms with van der Waals surface area (Å²) in [5.41, 5.74) is 2.25. The summed E-state index contributed by atoms with van der Waals surface area (Å²) >= 11 is 0. The van der Waals surface area contributed by atoms with Gasteiger partial charge in [-0.15, -0.1) is 5.10 Å². The van der Waals surface area contributed by atoms with Crippen molar-refractivity contribution < 1.29 is 14.3 Å². The second-order valence-corrected chi connectivity index (χ2v) is 5.65. The number of carbonyl (C=O) groups excluding carboxylic acids is 2. The van der Waals surface area contributed by atoms with Gasteiger partial charge in [0, 0.05) is 23.4 Å². The molecule has 1 heterocycles. The van der Waals surface area contributed by atoms with Crippen molar-refractivity contribution in [3.05, 3.63) is 59.7 Å². The summed E-state index contributed by atoms with van der Waals surface area (Å²) in [4.78, 5) is 24.2. The van der Waals surface area contributed by atoms with Crippen LogP contribution in [0.4, 0.5) is 5.69 Å². The van der Waals surface area contributed by atoms with E-state index < -0.39 is 5.97 Å². The van der Waals surface area contributed by atoms with E-state index in [1.807, 2.05) is 13.0 Å². The second-order valence-electron chi connectivity index (χ2n) is 5.65. The number of ether oxygens (including phenoxy) is 1. The Bertz CT molecular complexity index is 950. The Morgan fingerprint density at radius 2 is 1.85 bits per heavy atom. The number of esters is 1. The zero-order chi connectivity index (χ0) is 19.2. The van der Waals surface area contributed by atoms with E-state index in [4.69, 9.17) is 4.74 Å². The molecule has 0 spiro atoms. The van der Waals surface area contributed by atoms with E-state index in [1.165, 1.54) is 0 Å². The molecule has 8 nitrogen and oxygen atoms in total. The Labute approximate surface area is 156 Å². The van der Waals surface area contributed by atoms with E-state index >= 15 is 0 Å². The first-order valence-corrected chi connectivity index (χ1v) is 8.57. The van der Waals surface area contributed by atoms with Crippen LogP contribution in [0.1, 0.15) is 34.6 Å². The number of nitrogens with zero attached hydrogens (tertiary/aromatic N) is 4. The van der Waals surface area contributed by atoms with Crippen LogP contribution in [0.15, 0.2) is 48.5 Å². The van der Waals surface area contributed by atoms with Crippen LogP contribution in [0, 0.1) is 0 Å². The first-order valence-electron chi connectivity index (χ1n) is 8.57. The molecule has 1 N–H and O–H groups in total. The third-order valence-electron chi connectivity index (χ3n) is 3.87. The number of anilines is 1. The number of amides is 1. The van der Waals surface area contributed by atoms with Crippen molar-refractivity contribution in [2.75, 3.05) is 11.9 Å². The quantitative estimate of drug-likeness (QED) is 0.675. The van der Waals surface area contributed by atoms with Crippen molar-refractivity contribution in [1.29, 1.82) is 0 Å². The molecule has 0 aliphatic heterocycles. The summed E-state index contributed by atoms with van der Waals surface area (Å²) < 4.78 is 6.60. The van der Waals surface area contributed by atoms with Gasteiger partial charge in [-0.2, -0.15) is 0 Å². The molecule has 3 aromatic rings. The molecule has 1 aromatic heterocycles. The number of hydrogen-bond donors (Lipinski definition) is 1. The van der Waals surface area contributed by atoms with Gasteiger partial charge in [0.1, 0.15) is 0 Å². The molecule has 8 heteroatoms. The van der Waals surface area contributed by atoms with Crippen LogP contribution in [0.3, 0.4) is 0 Å². The predicted octanol–water partition coefficient (Wildman–Crippen LogP) is 2.79. The predicted molar refractivity (Wildman–Crippen MR) is 99.3 cm³/mol. The summed E-state index contributed by atoms with van der Waals surface area (Å²) in [6, 6.07) is 13.6. The molecule has 1 amide bonds. The molecule has 2 aromatic carbocycles. The van der Waals surface area contributed by atoms with Crippen molar-refractivity contribution in [2.24, 2.45) is 0 Å². The fourth-order valence-electron chi connectivity index (χ4n) is 2.53. The molecular formula is C19H19N5O3. The van der Waals surface area contributed by atoms with Crippen LogP contribution in [-0.4, -0.2) is 38.7 Å². The first-order chi connectivity index (χ1) is 13.1. The van der Waals surface area contributed by atoms with Crippen molar-refractivity contribution in [3.63, 3.8) is 0 Å². The molecule has 0 radical (unpaired) electrons. The zero-order valence-electron chi connectivity index (χ0n) is 15.0. The standard InChI is InChI=1S/C19H19N5O3/c1-3-24-17(21-22-23-24)14-6-5-7-15(12-14)18(25)20-16-10-8-13(9-11-16)19(26)27-4-2/h5-12H,3-4H2,1-2H3,(H,20,25). The van der Waals surface area contributed by atoms with Gasteiger partial charge in [0.05, 0.1) is 12.2 Å². The number of benzene rings is 2. The third kappa shape index (κ3) is 4.17. The van der Waals surface area contributed by atoms with E-state index in [0.29, 0.717) is 35.8 Å². The Balaban J connectivity index is 1.75. The highest BCUT2D eigenvalue weighted by molar-refractivity contribution is 6.05. The topological polar surface area (TPSA) is 99.0 Å². The highest BCUT2D eigenvalue weighted by atomic mass is 16.5. The van der Waals surface area contributed by atoms with E-state index in [-0.39, 0.29) is 5.91 Å². The Morgan fingerprint density at radius 3 is 2.56 bits per heavy atom. The number of aryl methyl sites for hydroxylation is 1. The monoisotopic (exact) mass is 365 g/mol. The van der Waals surface area contributed by atoms with Gasteiger partial charge in [0.2, 0.25) is 0 Å². The van der Waals surface area contributed by atoms with Gasteiger partial charge in [0.25, 0.3) is 5.91 Å². The van der Waals surface area contributed by atoms with Crippen molar-refractivity contribution in [3.8, 4) is 11.4 Å². The van der Waals surface area contributed by atoms with E-state index in [9.17, 15) is 9.59 Å². The molecule has 0 aliphatic rings. The van der Waals surface area contributed by atoms with Gasteiger partial charge in [-0.1, -0.05) is 12.1 Å².